The van der Waals surface area contributed by atoms with Crippen LogP contribution in [0.5, 0.6) is 5.75 Å². The predicted molar refractivity (Wildman–Crippen MR) is 104 cm³/mol. The molecule has 2 amide bonds. The van der Waals surface area contributed by atoms with E-state index in [9.17, 15) is 9.90 Å². The van der Waals surface area contributed by atoms with E-state index in [0.717, 1.165) is 42.6 Å². The largest absolute Gasteiger partial charge is 0.506 e. The Morgan fingerprint density at radius 1 is 1.12 bits per heavy atom. The molecule has 5 nitrogen and oxygen atoms in total. The number of hydrogen-bond donors (Lipinski definition) is 3. The average Bonchev–Trinajstić information content (AvgIpc) is 2.50. The van der Waals surface area contributed by atoms with E-state index in [1.54, 1.807) is 18.3 Å². The summed E-state index contributed by atoms with van der Waals surface area (Å²) in [6.07, 6.45) is 8.98. The number of hydrogen-bond acceptors (Lipinski definition) is 3. The summed E-state index contributed by atoms with van der Waals surface area (Å²) in [5.41, 5.74) is 3.34. The van der Waals surface area contributed by atoms with Crippen molar-refractivity contribution in [2.75, 3.05) is 0 Å². The highest BCUT2D eigenvalue weighted by atomic mass is 79.9. The van der Waals surface area contributed by atoms with Crippen molar-refractivity contribution < 1.29 is 9.90 Å². The predicted octanol–water partition coefficient (Wildman–Crippen LogP) is 4.52. The Labute approximate surface area is 163 Å². The second-order valence-electron chi connectivity index (χ2n) is 7.86. The van der Waals surface area contributed by atoms with Crippen LogP contribution in [0, 0.1) is 17.8 Å². The fourth-order valence-corrected chi connectivity index (χ4v) is 6.58. The van der Waals surface area contributed by atoms with Crippen LogP contribution < -0.4 is 10.7 Å². The maximum absolute atomic E-state index is 12.3. The molecule has 4 bridgehead atoms. The van der Waals surface area contributed by atoms with Crippen LogP contribution in [0.25, 0.3) is 0 Å². The highest BCUT2D eigenvalue weighted by Gasteiger charge is 2.51. The van der Waals surface area contributed by atoms with E-state index in [1.165, 1.54) is 19.3 Å². The van der Waals surface area contributed by atoms with Gasteiger partial charge in [0, 0.05) is 5.54 Å². The Balaban J connectivity index is 1.37. The van der Waals surface area contributed by atoms with Crippen LogP contribution in [-0.4, -0.2) is 22.9 Å². The van der Waals surface area contributed by atoms with E-state index in [1.807, 2.05) is 0 Å². The smallest absolute Gasteiger partial charge is 0.335 e. The third kappa shape index (κ3) is 3.58. The van der Waals surface area contributed by atoms with Crippen LogP contribution >= 0.6 is 31.9 Å². The van der Waals surface area contributed by atoms with E-state index >= 15 is 0 Å². The average molecular weight is 471 g/mol. The van der Waals surface area contributed by atoms with E-state index in [4.69, 9.17) is 0 Å². The number of halogens is 2. The number of carbonyl (C=O) groups is 1. The minimum absolute atomic E-state index is 0.0149. The van der Waals surface area contributed by atoms with E-state index in [2.05, 4.69) is 47.7 Å². The molecule has 0 atom stereocenters. The molecule has 3 N–H and O–H groups in total. The molecule has 4 aliphatic rings. The molecule has 5 rings (SSSR count). The first kappa shape index (κ1) is 17.3. The maximum Gasteiger partial charge on any atom is 0.335 e. The Kier molecular flexibility index (Phi) is 4.56. The molecule has 0 unspecified atom stereocenters. The number of phenols is 1. The van der Waals surface area contributed by atoms with Crippen molar-refractivity contribution in [3.05, 3.63) is 26.6 Å². The van der Waals surface area contributed by atoms with E-state index < -0.39 is 0 Å². The highest BCUT2D eigenvalue weighted by molar-refractivity contribution is 9.11. The fourth-order valence-electron chi connectivity index (χ4n) is 5.36. The Bertz CT molecular complexity index is 677. The summed E-state index contributed by atoms with van der Waals surface area (Å²) in [4.78, 5) is 12.3. The summed E-state index contributed by atoms with van der Waals surface area (Å²) < 4.78 is 1.14. The van der Waals surface area contributed by atoms with Crippen molar-refractivity contribution in [1.82, 2.24) is 10.7 Å². The van der Waals surface area contributed by atoms with Crippen molar-refractivity contribution in [2.45, 2.75) is 44.1 Å². The molecule has 134 valence electrons. The van der Waals surface area contributed by atoms with Crippen LogP contribution in [-0.2, 0) is 0 Å². The van der Waals surface area contributed by atoms with Gasteiger partial charge in [0.15, 0.2) is 0 Å². The summed E-state index contributed by atoms with van der Waals surface area (Å²) in [5, 5.41) is 17.0. The lowest BCUT2D eigenvalue weighted by atomic mass is 9.53. The number of rotatable bonds is 3. The summed E-state index contributed by atoms with van der Waals surface area (Å²) in [5.74, 6) is 2.52. The topological polar surface area (TPSA) is 73.7 Å². The zero-order chi connectivity index (χ0) is 17.6. The zero-order valence-corrected chi connectivity index (χ0v) is 16.9. The summed E-state index contributed by atoms with van der Waals surface area (Å²) >= 11 is 6.56. The van der Waals surface area contributed by atoms with E-state index in [0.29, 0.717) is 8.95 Å². The Hall–Kier alpha value is -1.08. The molecule has 4 aliphatic carbocycles. The first-order chi connectivity index (χ1) is 11.9. The summed E-state index contributed by atoms with van der Waals surface area (Å²) in [6.45, 7) is 0. The molecule has 0 aliphatic heterocycles. The number of nitrogens with zero attached hydrogens (tertiary/aromatic N) is 1. The normalized spacial score (nSPS) is 33.0. The molecule has 0 saturated heterocycles. The van der Waals surface area contributed by atoms with E-state index in [-0.39, 0.29) is 17.3 Å². The number of phenolic OH excluding ortho intramolecular Hbond substituents is 1. The molecule has 4 fully saturated rings. The molecular weight excluding hydrogens is 450 g/mol. The maximum atomic E-state index is 12.3. The molecule has 1 aromatic rings. The van der Waals surface area contributed by atoms with Gasteiger partial charge in [-0.05, 0) is 106 Å². The fraction of sp³-hybridized carbons (Fsp3) is 0.556. The van der Waals surface area contributed by atoms with Crippen LogP contribution in [0.3, 0.4) is 0 Å². The van der Waals surface area contributed by atoms with Crippen LogP contribution in [0.2, 0.25) is 0 Å². The molecule has 25 heavy (non-hydrogen) atoms. The van der Waals surface area contributed by atoms with Gasteiger partial charge in [-0.3, -0.25) is 0 Å². The molecule has 7 heteroatoms. The van der Waals surface area contributed by atoms with Crippen molar-refractivity contribution in [1.29, 1.82) is 0 Å². The van der Waals surface area contributed by atoms with Crippen molar-refractivity contribution in [2.24, 2.45) is 22.9 Å². The third-order valence-electron chi connectivity index (χ3n) is 5.84. The third-order valence-corrected chi connectivity index (χ3v) is 7.04. The number of benzene rings is 1. The van der Waals surface area contributed by atoms with Gasteiger partial charge >= 0.3 is 6.03 Å². The first-order valence-electron chi connectivity index (χ1n) is 8.72. The van der Waals surface area contributed by atoms with Gasteiger partial charge in [0.05, 0.1) is 15.2 Å². The number of aromatic hydroxyl groups is 1. The minimum atomic E-state index is -0.227. The number of nitrogens with one attached hydrogen (secondary N) is 2. The van der Waals surface area contributed by atoms with Gasteiger partial charge in [0.25, 0.3) is 0 Å². The van der Waals surface area contributed by atoms with Gasteiger partial charge < -0.3 is 10.4 Å². The van der Waals surface area contributed by atoms with Crippen molar-refractivity contribution in [3.8, 4) is 5.75 Å². The number of carbonyl (C=O) groups excluding carboxylic acids is 1. The molecule has 0 aromatic heterocycles. The lowest BCUT2D eigenvalue weighted by Crippen LogP contribution is -2.61. The lowest BCUT2D eigenvalue weighted by Gasteiger charge is -2.56. The number of hydrazone groups is 1. The molecule has 4 saturated carbocycles. The second-order valence-corrected chi connectivity index (χ2v) is 9.56. The van der Waals surface area contributed by atoms with Crippen molar-refractivity contribution in [3.63, 3.8) is 0 Å². The van der Waals surface area contributed by atoms with Gasteiger partial charge in [-0.1, -0.05) is 0 Å². The molecule has 0 spiro atoms. The second kappa shape index (κ2) is 6.58. The van der Waals surface area contributed by atoms with Gasteiger partial charge in [0.2, 0.25) is 0 Å². The number of urea groups is 1. The lowest BCUT2D eigenvalue weighted by molar-refractivity contribution is -0.0135. The quantitative estimate of drug-likeness (QED) is 0.448. The summed E-state index contributed by atoms with van der Waals surface area (Å²) in [6, 6.07) is 3.25. The zero-order valence-electron chi connectivity index (χ0n) is 13.8. The Morgan fingerprint density at radius 3 is 2.16 bits per heavy atom. The number of amides is 2. The minimum Gasteiger partial charge on any atom is -0.506 e. The monoisotopic (exact) mass is 469 g/mol. The van der Waals surface area contributed by atoms with Gasteiger partial charge in [-0.2, -0.15) is 5.10 Å². The molecule has 0 radical (unpaired) electrons. The van der Waals surface area contributed by atoms with Gasteiger partial charge in [0.1, 0.15) is 5.75 Å². The highest BCUT2D eigenvalue weighted by Crippen LogP contribution is 2.55. The van der Waals surface area contributed by atoms with Crippen LogP contribution in [0.4, 0.5) is 4.79 Å². The Morgan fingerprint density at radius 2 is 1.64 bits per heavy atom. The summed E-state index contributed by atoms with van der Waals surface area (Å²) in [7, 11) is 0. The molecule has 1 aromatic carbocycles. The van der Waals surface area contributed by atoms with Gasteiger partial charge in [-0.15, -0.1) is 0 Å². The van der Waals surface area contributed by atoms with Crippen LogP contribution in [0.15, 0.2) is 26.2 Å². The molecule has 0 heterocycles. The SMILES string of the molecule is O=C(N/N=C\c1cc(Br)c(O)c(Br)c1)NC12CC3CC(CC(C3)C1)C2. The van der Waals surface area contributed by atoms with Crippen molar-refractivity contribution >= 4 is 44.1 Å². The van der Waals surface area contributed by atoms with Gasteiger partial charge in [-0.25, -0.2) is 10.2 Å². The first-order valence-corrected chi connectivity index (χ1v) is 10.3. The van der Waals surface area contributed by atoms with Crippen LogP contribution in [0.1, 0.15) is 44.1 Å². The molecular formula is C18H21Br2N3O2. The standard InChI is InChI=1S/C18H21Br2N3O2/c19-14-4-13(5-15(20)16(14)24)9-21-23-17(25)22-18-6-10-1-11(7-18)3-12(2-10)8-18/h4-5,9-12,24H,1-3,6-8H2,(H2,22,23,25)/b21-9-.